The molecule has 8 nitrogen and oxygen atoms in total. The summed E-state index contributed by atoms with van der Waals surface area (Å²) in [5.41, 5.74) is 1.62. The Labute approximate surface area is 139 Å². The van der Waals surface area contributed by atoms with E-state index >= 15 is 0 Å². The summed E-state index contributed by atoms with van der Waals surface area (Å²) in [7, 11) is 1.76. The summed E-state index contributed by atoms with van der Waals surface area (Å²) in [6, 6.07) is 0.127. The number of rotatable bonds is 5. The fourth-order valence-corrected chi connectivity index (χ4v) is 2.67. The van der Waals surface area contributed by atoms with Crippen LogP contribution >= 0.6 is 0 Å². The summed E-state index contributed by atoms with van der Waals surface area (Å²) in [4.78, 5) is 39.3. The molecule has 0 unspecified atom stereocenters. The molecule has 8 heteroatoms. The van der Waals surface area contributed by atoms with Gasteiger partial charge in [0.1, 0.15) is 11.3 Å². The highest BCUT2D eigenvalue weighted by molar-refractivity contribution is 6.04. The molecule has 0 radical (unpaired) electrons. The Balaban J connectivity index is 1.77. The largest absolute Gasteiger partial charge is 0.352 e. The first kappa shape index (κ1) is 16.0. The van der Waals surface area contributed by atoms with Crippen molar-refractivity contribution in [2.24, 2.45) is 0 Å². The summed E-state index contributed by atoms with van der Waals surface area (Å²) in [5, 5.41) is 2.76. The fourth-order valence-electron chi connectivity index (χ4n) is 2.67. The minimum absolute atomic E-state index is 0.0923. The average molecular weight is 328 g/mol. The van der Waals surface area contributed by atoms with Crippen LogP contribution in [0.5, 0.6) is 0 Å². The van der Waals surface area contributed by atoms with Gasteiger partial charge in [-0.05, 0) is 13.0 Å². The number of H-pyrrole nitrogens is 1. The Morgan fingerprint density at radius 2 is 2.29 bits per heavy atom. The monoisotopic (exact) mass is 328 g/mol. The van der Waals surface area contributed by atoms with Gasteiger partial charge >= 0.3 is 0 Å². The van der Waals surface area contributed by atoms with E-state index in [0.29, 0.717) is 42.2 Å². The van der Waals surface area contributed by atoms with E-state index < -0.39 is 0 Å². The molecule has 2 N–H and O–H groups in total. The highest BCUT2D eigenvalue weighted by Gasteiger charge is 2.33. The Morgan fingerprint density at radius 3 is 2.96 bits per heavy atom. The number of nitrogens with zero attached hydrogens (tertiary/aromatic N) is 4. The molecule has 0 aromatic carbocycles. The van der Waals surface area contributed by atoms with Crippen molar-refractivity contribution in [1.82, 2.24) is 25.2 Å². The SMILES string of the molecule is C=CC(=O)N(C)C1CN(c2cnc3[nH]cc(C(=O)NCC)c3n2)C1. The third kappa shape index (κ3) is 2.70. The number of nitrogens with one attached hydrogen (secondary N) is 2. The average Bonchev–Trinajstić information content (AvgIpc) is 2.96. The van der Waals surface area contributed by atoms with Crippen LogP contribution < -0.4 is 10.2 Å². The molecule has 0 bridgehead atoms. The van der Waals surface area contributed by atoms with Gasteiger partial charge in [0.25, 0.3) is 5.91 Å². The van der Waals surface area contributed by atoms with Crippen LogP contribution in [0.3, 0.4) is 0 Å². The molecule has 126 valence electrons. The van der Waals surface area contributed by atoms with Crippen LogP contribution in [-0.2, 0) is 4.79 Å². The van der Waals surface area contributed by atoms with Crippen molar-refractivity contribution in [3.05, 3.63) is 30.6 Å². The zero-order valence-corrected chi connectivity index (χ0v) is 13.7. The Bertz CT molecular complexity index is 793. The molecule has 1 aliphatic rings. The first-order valence-electron chi connectivity index (χ1n) is 7.81. The minimum Gasteiger partial charge on any atom is -0.352 e. The van der Waals surface area contributed by atoms with Crippen molar-refractivity contribution in [1.29, 1.82) is 0 Å². The number of hydrogen-bond donors (Lipinski definition) is 2. The zero-order valence-electron chi connectivity index (χ0n) is 13.7. The number of aromatic nitrogens is 3. The molecule has 2 aromatic rings. The fraction of sp³-hybridized carbons (Fsp3) is 0.375. The lowest BCUT2D eigenvalue weighted by Crippen LogP contribution is -2.59. The van der Waals surface area contributed by atoms with E-state index in [2.05, 4.69) is 26.8 Å². The number of anilines is 1. The van der Waals surface area contributed by atoms with Gasteiger partial charge in [-0.15, -0.1) is 0 Å². The van der Waals surface area contributed by atoms with Crippen LogP contribution in [0.4, 0.5) is 5.82 Å². The van der Waals surface area contributed by atoms with Gasteiger partial charge in [-0.1, -0.05) is 6.58 Å². The van der Waals surface area contributed by atoms with Gasteiger partial charge in [0.2, 0.25) is 5.91 Å². The van der Waals surface area contributed by atoms with Gasteiger partial charge < -0.3 is 20.1 Å². The summed E-state index contributed by atoms with van der Waals surface area (Å²) < 4.78 is 0. The molecule has 1 saturated heterocycles. The first-order chi connectivity index (χ1) is 11.5. The minimum atomic E-state index is -0.173. The van der Waals surface area contributed by atoms with Crippen LogP contribution in [-0.4, -0.2) is 64.4 Å². The standard InChI is InChI=1S/C16H20N6O2/c1-4-13(23)21(3)10-8-22(9-10)12-7-19-15-14(20-12)11(6-18-15)16(24)17-5-2/h4,6-7,10H,1,5,8-9H2,2-3H3,(H,17,24)(H,18,19). The molecule has 2 amide bonds. The number of carbonyl (C=O) groups is 2. The van der Waals surface area contributed by atoms with E-state index in [4.69, 9.17) is 0 Å². The lowest BCUT2D eigenvalue weighted by molar-refractivity contribution is -0.127. The number of amides is 2. The van der Waals surface area contributed by atoms with Crippen LogP contribution in [0.2, 0.25) is 0 Å². The molecule has 0 aliphatic carbocycles. The summed E-state index contributed by atoms with van der Waals surface area (Å²) in [6.07, 6.45) is 4.60. The van der Waals surface area contributed by atoms with E-state index in [-0.39, 0.29) is 17.9 Å². The van der Waals surface area contributed by atoms with Gasteiger partial charge in [-0.3, -0.25) is 9.59 Å². The van der Waals surface area contributed by atoms with Crippen molar-refractivity contribution in [3.8, 4) is 0 Å². The number of carbonyl (C=O) groups excluding carboxylic acids is 2. The van der Waals surface area contributed by atoms with Crippen molar-refractivity contribution in [3.63, 3.8) is 0 Å². The molecule has 0 spiro atoms. The maximum atomic E-state index is 12.1. The van der Waals surface area contributed by atoms with Gasteiger partial charge in [0.05, 0.1) is 17.8 Å². The van der Waals surface area contributed by atoms with Crippen LogP contribution in [0, 0.1) is 0 Å². The molecule has 1 fully saturated rings. The van der Waals surface area contributed by atoms with Crippen LogP contribution in [0.1, 0.15) is 17.3 Å². The van der Waals surface area contributed by atoms with Crippen molar-refractivity contribution in [2.75, 3.05) is 31.6 Å². The quantitative estimate of drug-likeness (QED) is 0.781. The predicted octanol–water partition coefficient (Wildman–Crippen LogP) is 0.541. The lowest BCUT2D eigenvalue weighted by atomic mass is 10.1. The third-order valence-corrected chi connectivity index (χ3v) is 4.21. The normalized spacial score (nSPS) is 14.3. The Morgan fingerprint density at radius 1 is 1.54 bits per heavy atom. The maximum absolute atomic E-state index is 12.1. The number of fused-ring (bicyclic) bond motifs is 1. The second-order valence-corrected chi connectivity index (χ2v) is 5.70. The van der Waals surface area contributed by atoms with Crippen molar-refractivity contribution in [2.45, 2.75) is 13.0 Å². The summed E-state index contributed by atoms with van der Waals surface area (Å²) in [6.45, 7) is 7.27. The molecule has 1 aliphatic heterocycles. The van der Waals surface area contributed by atoms with Crippen molar-refractivity contribution >= 4 is 28.8 Å². The van der Waals surface area contributed by atoms with E-state index in [1.54, 1.807) is 24.3 Å². The van der Waals surface area contributed by atoms with E-state index in [0.717, 1.165) is 0 Å². The van der Waals surface area contributed by atoms with Gasteiger partial charge in [0, 0.05) is 32.9 Å². The van der Waals surface area contributed by atoms with Crippen molar-refractivity contribution < 1.29 is 9.59 Å². The predicted molar refractivity (Wildman–Crippen MR) is 90.9 cm³/mol. The third-order valence-electron chi connectivity index (χ3n) is 4.21. The number of likely N-dealkylation sites (N-methyl/N-ethyl adjacent to an activating group) is 1. The molecular formula is C16H20N6O2. The number of aromatic amines is 1. The molecule has 3 heterocycles. The Hall–Kier alpha value is -2.90. The van der Waals surface area contributed by atoms with Crippen LogP contribution in [0.25, 0.3) is 11.2 Å². The van der Waals surface area contributed by atoms with E-state index in [1.165, 1.54) is 6.08 Å². The molecular weight excluding hydrogens is 308 g/mol. The maximum Gasteiger partial charge on any atom is 0.255 e. The lowest BCUT2D eigenvalue weighted by Gasteiger charge is -2.44. The second kappa shape index (κ2) is 6.31. The topological polar surface area (TPSA) is 94.2 Å². The molecule has 0 atom stereocenters. The highest BCUT2D eigenvalue weighted by atomic mass is 16.2. The summed E-state index contributed by atoms with van der Waals surface area (Å²) >= 11 is 0. The number of hydrogen-bond acceptors (Lipinski definition) is 5. The van der Waals surface area contributed by atoms with Gasteiger partial charge in [0.15, 0.2) is 5.65 Å². The highest BCUT2D eigenvalue weighted by Crippen LogP contribution is 2.24. The van der Waals surface area contributed by atoms with E-state index in [1.807, 2.05) is 11.8 Å². The first-order valence-corrected chi connectivity index (χ1v) is 7.81. The molecule has 0 saturated carbocycles. The molecule has 2 aromatic heterocycles. The van der Waals surface area contributed by atoms with E-state index in [9.17, 15) is 9.59 Å². The molecule has 3 rings (SSSR count). The molecule has 24 heavy (non-hydrogen) atoms. The smallest absolute Gasteiger partial charge is 0.255 e. The van der Waals surface area contributed by atoms with Gasteiger partial charge in [-0.2, -0.15) is 0 Å². The summed E-state index contributed by atoms with van der Waals surface area (Å²) in [5.74, 6) is 0.432. The second-order valence-electron chi connectivity index (χ2n) is 5.70. The van der Waals surface area contributed by atoms with Gasteiger partial charge in [-0.25, -0.2) is 9.97 Å². The Kier molecular flexibility index (Phi) is 4.20. The zero-order chi connectivity index (χ0) is 17.3. The van der Waals surface area contributed by atoms with Crippen LogP contribution in [0.15, 0.2) is 25.0 Å².